The van der Waals surface area contributed by atoms with Crippen molar-refractivity contribution in [2.45, 2.75) is 88.7 Å². The number of thioether (sulfide) groups is 1. The van der Waals surface area contributed by atoms with E-state index in [0.29, 0.717) is 19.4 Å². The van der Waals surface area contributed by atoms with Crippen LogP contribution >= 0.6 is 11.8 Å². The topological polar surface area (TPSA) is 105 Å². The standard InChI is InChI=1S/C22H38N2O6S/c1-22(2,3)30-21(28)23-18(15-9-6-5-7-10-15)19(26)24-14-16(31-12-8-11-25)13-17(24)20(27)29-4/h15-18,25H,5-14H2,1-4H3,(H,23,28). The first-order valence-corrected chi connectivity index (χ1v) is 12.3. The molecule has 0 aromatic rings. The predicted octanol–water partition coefficient (Wildman–Crippen LogP) is 2.72. The van der Waals surface area contributed by atoms with Gasteiger partial charge in [0.25, 0.3) is 0 Å². The van der Waals surface area contributed by atoms with E-state index in [-0.39, 0.29) is 23.7 Å². The van der Waals surface area contributed by atoms with Crippen LogP contribution in [0.2, 0.25) is 0 Å². The minimum atomic E-state index is -0.719. The summed E-state index contributed by atoms with van der Waals surface area (Å²) in [5, 5.41) is 11.9. The smallest absolute Gasteiger partial charge is 0.408 e. The number of aliphatic hydroxyl groups excluding tert-OH is 1. The van der Waals surface area contributed by atoms with Gasteiger partial charge < -0.3 is 24.8 Å². The zero-order valence-corrected chi connectivity index (χ0v) is 20.0. The van der Waals surface area contributed by atoms with Crippen molar-refractivity contribution in [2.24, 2.45) is 5.92 Å². The van der Waals surface area contributed by atoms with Gasteiger partial charge in [0, 0.05) is 18.4 Å². The summed E-state index contributed by atoms with van der Waals surface area (Å²) in [4.78, 5) is 40.2. The Morgan fingerprint density at radius 2 is 1.87 bits per heavy atom. The van der Waals surface area contributed by atoms with Crippen LogP contribution in [0, 0.1) is 5.92 Å². The van der Waals surface area contributed by atoms with E-state index < -0.39 is 29.7 Å². The second-order valence-electron chi connectivity index (χ2n) is 9.36. The third-order valence-corrected chi connectivity index (χ3v) is 7.07. The van der Waals surface area contributed by atoms with Gasteiger partial charge in [-0.15, -0.1) is 0 Å². The number of aliphatic hydroxyl groups is 1. The van der Waals surface area contributed by atoms with Crippen molar-refractivity contribution >= 4 is 29.7 Å². The number of carbonyl (C=O) groups is 3. The van der Waals surface area contributed by atoms with Gasteiger partial charge in [-0.1, -0.05) is 19.3 Å². The Bertz CT molecular complexity index is 618. The minimum absolute atomic E-state index is 0.0214. The minimum Gasteiger partial charge on any atom is -0.467 e. The number of amides is 2. The SMILES string of the molecule is COC(=O)C1CC(SCCCO)CN1C(=O)C(NC(=O)OC(C)(C)C)C1CCCCC1. The molecule has 0 aromatic carbocycles. The van der Waals surface area contributed by atoms with E-state index in [1.54, 1.807) is 37.4 Å². The molecule has 2 amide bonds. The van der Waals surface area contributed by atoms with Crippen LogP contribution in [0.4, 0.5) is 4.79 Å². The molecule has 2 N–H and O–H groups in total. The molecule has 1 saturated heterocycles. The lowest BCUT2D eigenvalue weighted by Gasteiger charge is -2.34. The third kappa shape index (κ3) is 7.86. The van der Waals surface area contributed by atoms with E-state index in [4.69, 9.17) is 14.6 Å². The molecule has 0 aromatic heterocycles. The van der Waals surface area contributed by atoms with Crippen LogP contribution in [0.5, 0.6) is 0 Å². The largest absolute Gasteiger partial charge is 0.467 e. The fourth-order valence-electron chi connectivity index (χ4n) is 4.30. The van der Waals surface area contributed by atoms with E-state index in [0.717, 1.165) is 37.9 Å². The molecule has 1 saturated carbocycles. The monoisotopic (exact) mass is 458 g/mol. The van der Waals surface area contributed by atoms with E-state index in [2.05, 4.69) is 5.32 Å². The van der Waals surface area contributed by atoms with E-state index in [1.807, 2.05) is 0 Å². The molecule has 9 heteroatoms. The van der Waals surface area contributed by atoms with Gasteiger partial charge in [-0.25, -0.2) is 9.59 Å². The lowest BCUT2D eigenvalue weighted by atomic mass is 9.83. The summed E-state index contributed by atoms with van der Waals surface area (Å²) in [5.41, 5.74) is -0.666. The highest BCUT2D eigenvalue weighted by Gasteiger charge is 2.44. The molecule has 178 valence electrons. The van der Waals surface area contributed by atoms with Crippen molar-refractivity contribution < 1.29 is 29.0 Å². The van der Waals surface area contributed by atoms with E-state index in [9.17, 15) is 14.4 Å². The highest BCUT2D eigenvalue weighted by atomic mass is 32.2. The average Bonchev–Trinajstić information content (AvgIpc) is 3.14. The first-order chi connectivity index (χ1) is 14.7. The number of likely N-dealkylation sites (tertiary alicyclic amines) is 1. The summed E-state index contributed by atoms with van der Waals surface area (Å²) in [6.07, 6.45) is 5.45. The maximum Gasteiger partial charge on any atom is 0.408 e. The number of hydrogen-bond acceptors (Lipinski definition) is 7. The zero-order valence-electron chi connectivity index (χ0n) is 19.2. The van der Waals surface area contributed by atoms with Crippen molar-refractivity contribution in [1.82, 2.24) is 10.2 Å². The molecule has 2 fully saturated rings. The quantitative estimate of drug-likeness (QED) is 0.426. The van der Waals surface area contributed by atoms with Gasteiger partial charge in [-0.2, -0.15) is 11.8 Å². The van der Waals surface area contributed by atoms with Gasteiger partial charge in [0.2, 0.25) is 5.91 Å². The van der Waals surface area contributed by atoms with Gasteiger partial charge in [-0.05, 0) is 58.1 Å². The molecular formula is C22H38N2O6S. The van der Waals surface area contributed by atoms with Crippen molar-refractivity contribution in [3.63, 3.8) is 0 Å². The first kappa shape index (κ1) is 25.8. The molecule has 8 nitrogen and oxygen atoms in total. The molecule has 3 unspecified atom stereocenters. The second kappa shape index (κ2) is 11.9. The second-order valence-corrected chi connectivity index (χ2v) is 10.8. The Hall–Kier alpha value is -1.48. The maximum absolute atomic E-state index is 13.7. The Labute approximate surface area is 189 Å². The number of hydrogen-bond donors (Lipinski definition) is 2. The highest BCUT2D eigenvalue weighted by Crippen LogP contribution is 2.32. The average molecular weight is 459 g/mol. The Kier molecular flexibility index (Phi) is 9.93. The van der Waals surface area contributed by atoms with Crippen molar-refractivity contribution in [3.05, 3.63) is 0 Å². The molecule has 1 aliphatic carbocycles. The summed E-state index contributed by atoms with van der Waals surface area (Å²) < 4.78 is 10.4. The van der Waals surface area contributed by atoms with Gasteiger partial charge in [0.1, 0.15) is 17.7 Å². The fourth-order valence-corrected chi connectivity index (χ4v) is 5.51. The number of methoxy groups -OCH3 is 1. The highest BCUT2D eigenvalue weighted by molar-refractivity contribution is 7.99. The summed E-state index contributed by atoms with van der Waals surface area (Å²) >= 11 is 1.66. The number of carbonyl (C=O) groups excluding carboxylic acids is 3. The van der Waals surface area contributed by atoms with E-state index in [1.165, 1.54) is 7.11 Å². The molecular weight excluding hydrogens is 420 g/mol. The fraction of sp³-hybridized carbons (Fsp3) is 0.864. The normalized spacial score (nSPS) is 23.3. The summed E-state index contributed by atoms with van der Waals surface area (Å²) in [7, 11) is 1.33. The molecule has 31 heavy (non-hydrogen) atoms. The molecule has 2 aliphatic rings. The number of esters is 1. The maximum atomic E-state index is 13.7. The van der Waals surface area contributed by atoms with Gasteiger partial charge in [-0.3, -0.25) is 4.79 Å². The molecule has 3 atom stereocenters. The Morgan fingerprint density at radius 3 is 2.45 bits per heavy atom. The van der Waals surface area contributed by atoms with Crippen LogP contribution in [0.15, 0.2) is 0 Å². The Balaban J connectivity index is 2.18. The molecule has 0 radical (unpaired) electrons. The van der Waals surface area contributed by atoms with Crippen LogP contribution in [0.1, 0.15) is 65.7 Å². The van der Waals surface area contributed by atoms with Crippen LogP contribution in [-0.2, 0) is 19.1 Å². The van der Waals surface area contributed by atoms with Crippen LogP contribution in [0.25, 0.3) is 0 Å². The summed E-state index contributed by atoms with van der Waals surface area (Å²) in [6.45, 7) is 5.89. The van der Waals surface area contributed by atoms with Crippen molar-refractivity contribution in [1.29, 1.82) is 0 Å². The van der Waals surface area contributed by atoms with Crippen molar-refractivity contribution in [2.75, 3.05) is 26.0 Å². The third-order valence-electron chi connectivity index (χ3n) is 5.73. The number of nitrogens with zero attached hydrogens (tertiary/aromatic N) is 1. The predicted molar refractivity (Wildman–Crippen MR) is 120 cm³/mol. The van der Waals surface area contributed by atoms with Crippen molar-refractivity contribution in [3.8, 4) is 0 Å². The molecule has 2 rings (SSSR count). The molecule has 0 bridgehead atoms. The summed E-state index contributed by atoms with van der Waals surface area (Å²) in [5.74, 6) is 0.115. The van der Waals surface area contributed by atoms with Gasteiger partial charge in [0.15, 0.2) is 0 Å². The zero-order chi connectivity index (χ0) is 23.0. The number of alkyl carbamates (subject to hydrolysis) is 1. The van der Waals surface area contributed by atoms with Crippen LogP contribution < -0.4 is 5.32 Å². The lowest BCUT2D eigenvalue weighted by molar-refractivity contribution is -0.152. The number of ether oxygens (including phenoxy) is 2. The molecule has 1 heterocycles. The van der Waals surface area contributed by atoms with Gasteiger partial charge >= 0.3 is 12.1 Å². The first-order valence-electron chi connectivity index (χ1n) is 11.3. The van der Waals surface area contributed by atoms with Gasteiger partial charge in [0.05, 0.1) is 7.11 Å². The number of nitrogens with one attached hydrogen (secondary N) is 1. The van der Waals surface area contributed by atoms with Crippen LogP contribution in [-0.4, -0.2) is 76.9 Å². The Morgan fingerprint density at radius 1 is 1.19 bits per heavy atom. The number of rotatable bonds is 8. The van der Waals surface area contributed by atoms with E-state index >= 15 is 0 Å². The lowest BCUT2D eigenvalue weighted by Crippen LogP contribution is -2.55. The van der Waals surface area contributed by atoms with Crippen LogP contribution in [0.3, 0.4) is 0 Å². The molecule has 1 aliphatic heterocycles. The molecule has 0 spiro atoms. The summed E-state index contributed by atoms with van der Waals surface area (Å²) in [6, 6.07) is -1.38.